The number of rotatable bonds is 5. The van der Waals surface area contributed by atoms with Crippen LogP contribution in [-0.4, -0.2) is 52.2 Å². The van der Waals surface area contributed by atoms with Gasteiger partial charge in [-0.05, 0) is 55.6 Å². The van der Waals surface area contributed by atoms with Gasteiger partial charge in [0.25, 0.3) is 10.0 Å². The van der Waals surface area contributed by atoms with E-state index in [1.807, 2.05) is 18.2 Å². The van der Waals surface area contributed by atoms with Crippen molar-refractivity contribution < 1.29 is 17.9 Å². The third-order valence-electron chi connectivity index (χ3n) is 5.58. The Balaban J connectivity index is 1.59. The summed E-state index contributed by atoms with van der Waals surface area (Å²) in [6.45, 7) is 2.59. The van der Waals surface area contributed by atoms with Crippen molar-refractivity contribution >= 4 is 15.7 Å². The Morgan fingerprint density at radius 3 is 2.66 bits per heavy atom. The highest BCUT2D eigenvalue weighted by Crippen LogP contribution is 2.31. The maximum atomic E-state index is 13.0. The van der Waals surface area contributed by atoms with Crippen molar-refractivity contribution in [3.8, 4) is 5.88 Å². The number of hydrogen-bond acceptors (Lipinski definition) is 6. The van der Waals surface area contributed by atoms with Crippen molar-refractivity contribution in [2.45, 2.75) is 36.7 Å². The smallest absolute Gasteiger partial charge is 0.262 e. The highest BCUT2D eigenvalue weighted by atomic mass is 32.2. The lowest BCUT2D eigenvalue weighted by atomic mass is 10.1. The normalized spacial score (nSPS) is 20.1. The minimum atomic E-state index is -3.75. The molecule has 8 heteroatoms. The number of pyridine rings is 1. The second-order valence-corrected chi connectivity index (χ2v) is 9.31. The zero-order valence-corrected chi connectivity index (χ0v) is 17.7. The second-order valence-electron chi connectivity index (χ2n) is 7.63. The van der Waals surface area contributed by atoms with E-state index < -0.39 is 10.0 Å². The van der Waals surface area contributed by atoms with E-state index in [1.54, 1.807) is 12.1 Å². The minimum absolute atomic E-state index is 0.0618. The van der Waals surface area contributed by atoms with Gasteiger partial charge in [-0.25, -0.2) is 13.4 Å². The van der Waals surface area contributed by atoms with Crippen molar-refractivity contribution in [3.05, 3.63) is 47.2 Å². The number of nitrogens with one attached hydrogen (secondary N) is 1. The lowest BCUT2D eigenvalue weighted by Crippen LogP contribution is -2.20. The van der Waals surface area contributed by atoms with Crippen LogP contribution in [-0.2, 0) is 27.6 Å². The number of hydrogen-bond donors (Lipinski definition) is 1. The molecule has 2 aromatic rings. The molecular weight excluding hydrogens is 390 g/mol. The standard InChI is InChI=1S/C21H27N3O4S/c1-24-11-9-16-14-19(21(27-2)22-18(16)10-12-24)23-29(25,26)17-7-5-15(6-8-17)20-4-3-13-28-20/h5-8,14,20,23H,3-4,9-13H2,1-2H3/t20-/m0/s1. The molecule has 0 radical (unpaired) electrons. The molecular formula is C21H27N3O4S. The van der Waals surface area contributed by atoms with E-state index in [-0.39, 0.29) is 11.0 Å². The number of fused-ring (bicyclic) bond motifs is 1. The Labute approximate surface area is 172 Å². The molecule has 29 heavy (non-hydrogen) atoms. The molecule has 1 fully saturated rings. The lowest BCUT2D eigenvalue weighted by Gasteiger charge is -2.15. The largest absolute Gasteiger partial charge is 0.479 e. The summed E-state index contributed by atoms with van der Waals surface area (Å²) in [5.74, 6) is 0.299. The predicted molar refractivity (Wildman–Crippen MR) is 111 cm³/mol. The number of methoxy groups -OCH3 is 1. The second kappa shape index (κ2) is 8.30. The summed E-state index contributed by atoms with van der Waals surface area (Å²) in [5, 5.41) is 0. The first kappa shape index (κ1) is 20.1. The zero-order chi connectivity index (χ0) is 20.4. The monoisotopic (exact) mass is 417 g/mol. The number of likely N-dealkylation sites (N-methyl/N-ethyl adjacent to an activating group) is 1. The van der Waals surface area contributed by atoms with Gasteiger partial charge in [0.15, 0.2) is 0 Å². The van der Waals surface area contributed by atoms with Gasteiger partial charge in [0.1, 0.15) is 5.69 Å². The first-order chi connectivity index (χ1) is 14.0. The molecule has 2 aliphatic rings. The highest BCUT2D eigenvalue weighted by Gasteiger charge is 2.22. The summed E-state index contributed by atoms with van der Waals surface area (Å²) in [7, 11) is -0.172. The van der Waals surface area contributed by atoms with Crippen LogP contribution in [0.4, 0.5) is 5.69 Å². The third kappa shape index (κ3) is 4.39. The van der Waals surface area contributed by atoms with Gasteiger partial charge in [-0.3, -0.25) is 4.72 Å². The zero-order valence-electron chi connectivity index (χ0n) is 16.8. The molecule has 7 nitrogen and oxygen atoms in total. The topological polar surface area (TPSA) is 80.8 Å². The average molecular weight is 418 g/mol. The van der Waals surface area contributed by atoms with Gasteiger partial charge in [0, 0.05) is 31.8 Å². The Kier molecular flexibility index (Phi) is 5.76. The SMILES string of the molecule is COc1nc2c(cc1NS(=O)(=O)c1ccc([C@@H]3CCCO3)cc1)CCN(C)CC2. The number of nitrogens with zero attached hydrogens (tertiary/aromatic N) is 2. The van der Waals surface area contributed by atoms with Gasteiger partial charge in [-0.1, -0.05) is 12.1 Å². The summed E-state index contributed by atoms with van der Waals surface area (Å²) in [6.07, 6.45) is 3.71. The van der Waals surface area contributed by atoms with Gasteiger partial charge >= 0.3 is 0 Å². The lowest BCUT2D eigenvalue weighted by molar-refractivity contribution is 0.112. The maximum Gasteiger partial charge on any atom is 0.262 e. The van der Waals surface area contributed by atoms with Gasteiger partial charge < -0.3 is 14.4 Å². The van der Waals surface area contributed by atoms with Crippen molar-refractivity contribution in [2.75, 3.05) is 38.6 Å². The number of benzene rings is 1. The third-order valence-corrected chi connectivity index (χ3v) is 6.96. The van der Waals surface area contributed by atoms with E-state index >= 15 is 0 Å². The van der Waals surface area contributed by atoms with Crippen LogP contribution in [0.3, 0.4) is 0 Å². The quantitative estimate of drug-likeness (QED) is 0.806. The molecule has 0 aliphatic carbocycles. The van der Waals surface area contributed by atoms with E-state index in [2.05, 4.69) is 21.7 Å². The Bertz CT molecular complexity index is 970. The molecule has 4 rings (SSSR count). The molecule has 0 amide bonds. The predicted octanol–water partition coefficient (Wildman–Crippen LogP) is 2.77. The molecule has 156 valence electrons. The minimum Gasteiger partial charge on any atom is -0.479 e. The van der Waals surface area contributed by atoms with Crippen LogP contribution in [0.25, 0.3) is 0 Å². The van der Waals surface area contributed by atoms with Gasteiger partial charge in [-0.2, -0.15) is 0 Å². The van der Waals surface area contributed by atoms with Crippen molar-refractivity contribution in [2.24, 2.45) is 0 Å². The van der Waals surface area contributed by atoms with Crippen LogP contribution >= 0.6 is 0 Å². The molecule has 3 heterocycles. The highest BCUT2D eigenvalue weighted by molar-refractivity contribution is 7.92. The summed E-state index contributed by atoms with van der Waals surface area (Å²) in [4.78, 5) is 7.03. The molecule has 0 saturated carbocycles. The Morgan fingerprint density at radius 2 is 1.97 bits per heavy atom. The molecule has 1 saturated heterocycles. The number of aromatic nitrogens is 1. The molecule has 1 aromatic carbocycles. The molecule has 1 N–H and O–H groups in total. The maximum absolute atomic E-state index is 13.0. The Morgan fingerprint density at radius 1 is 1.21 bits per heavy atom. The number of ether oxygens (including phenoxy) is 2. The van der Waals surface area contributed by atoms with Gasteiger partial charge in [-0.15, -0.1) is 0 Å². The fraction of sp³-hybridized carbons (Fsp3) is 0.476. The van der Waals surface area contributed by atoms with E-state index in [4.69, 9.17) is 9.47 Å². The molecule has 0 spiro atoms. The van der Waals surface area contributed by atoms with Gasteiger partial charge in [0.05, 0.1) is 18.1 Å². The molecule has 2 aliphatic heterocycles. The van der Waals surface area contributed by atoms with E-state index in [1.165, 1.54) is 7.11 Å². The molecule has 0 bridgehead atoms. The van der Waals surface area contributed by atoms with Crippen LogP contribution in [0.2, 0.25) is 0 Å². The van der Waals surface area contributed by atoms with Crippen molar-refractivity contribution in [1.29, 1.82) is 0 Å². The number of anilines is 1. The summed E-state index contributed by atoms with van der Waals surface area (Å²) in [6, 6.07) is 8.76. The average Bonchev–Trinajstić information content (AvgIpc) is 3.20. The fourth-order valence-corrected chi connectivity index (χ4v) is 4.91. The first-order valence-corrected chi connectivity index (χ1v) is 11.4. The van der Waals surface area contributed by atoms with E-state index in [0.29, 0.717) is 11.6 Å². The van der Waals surface area contributed by atoms with Crippen LogP contribution < -0.4 is 9.46 Å². The summed E-state index contributed by atoms with van der Waals surface area (Å²) in [5.41, 5.74) is 3.41. The van der Waals surface area contributed by atoms with Crippen molar-refractivity contribution in [1.82, 2.24) is 9.88 Å². The van der Waals surface area contributed by atoms with Crippen LogP contribution in [0.5, 0.6) is 5.88 Å². The van der Waals surface area contributed by atoms with Crippen LogP contribution in [0.15, 0.2) is 35.2 Å². The fourth-order valence-electron chi connectivity index (χ4n) is 3.86. The number of sulfonamides is 1. The molecule has 1 atom stereocenters. The Hall–Kier alpha value is -2.16. The van der Waals surface area contributed by atoms with Crippen LogP contribution in [0, 0.1) is 0 Å². The van der Waals surface area contributed by atoms with E-state index in [9.17, 15) is 8.42 Å². The van der Waals surface area contributed by atoms with E-state index in [0.717, 1.165) is 62.2 Å². The van der Waals surface area contributed by atoms with Crippen molar-refractivity contribution in [3.63, 3.8) is 0 Å². The summed E-state index contributed by atoms with van der Waals surface area (Å²) < 4.78 is 39.6. The van der Waals surface area contributed by atoms with Gasteiger partial charge in [0.2, 0.25) is 5.88 Å². The molecule has 1 aromatic heterocycles. The van der Waals surface area contributed by atoms with Crippen LogP contribution in [0.1, 0.15) is 35.8 Å². The summed E-state index contributed by atoms with van der Waals surface area (Å²) >= 11 is 0. The molecule has 0 unspecified atom stereocenters. The first-order valence-electron chi connectivity index (χ1n) is 9.96.